The van der Waals surface area contributed by atoms with Crippen LogP contribution in [-0.4, -0.2) is 11.2 Å². The highest BCUT2D eigenvalue weighted by atomic mass is 16.3. The molecule has 1 fully saturated rings. The SMILES string of the molecule is C[C@@]12CCC(O)C[C@H]1CCc1ccccc12. The lowest BCUT2D eigenvalue weighted by Gasteiger charge is -2.47. The molecule has 0 bridgehead atoms. The van der Waals surface area contributed by atoms with Gasteiger partial charge in [0.25, 0.3) is 0 Å². The van der Waals surface area contributed by atoms with Crippen molar-refractivity contribution < 1.29 is 5.11 Å². The van der Waals surface area contributed by atoms with Crippen molar-refractivity contribution in [1.29, 1.82) is 0 Å². The smallest absolute Gasteiger partial charge is 0.0543 e. The summed E-state index contributed by atoms with van der Waals surface area (Å²) in [6, 6.07) is 8.90. The third-order valence-electron chi connectivity index (χ3n) is 4.85. The molecule has 16 heavy (non-hydrogen) atoms. The Hall–Kier alpha value is -0.820. The van der Waals surface area contributed by atoms with E-state index in [0.717, 1.165) is 19.3 Å². The predicted molar refractivity (Wildman–Crippen MR) is 65.5 cm³/mol. The zero-order valence-corrected chi connectivity index (χ0v) is 9.95. The first-order valence-corrected chi connectivity index (χ1v) is 6.46. The molecule has 0 amide bonds. The van der Waals surface area contributed by atoms with Gasteiger partial charge in [-0.05, 0) is 54.6 Å². The largest absolute Gasteiger partial charge is 0.393 e. The average molecular weight is 216 g/mol. The molecule has 1 saturated carbocycles. The van der Waals surface area contributed by atoms with Crippen molar-refractivity contribution in [3.8, 4) is 0 Å². The first-order chi connectivity index (χ1) is 7.70. The van der Waals surface area contributed by atoms with Crippen molar-refractivity contribution in [3.63, 3.8) is 0 Å². The van der Waals surface area contributed by atoms with E-state index in [1.807, 2.05) is 0 Å². The summed E-state index contributed by atoms with van der Waals surface area (Å²) in [6.07, 6.45) is 5.53. The number of aryl methyl sites for hydroxylation is 1. The Morgan fingerprint density at radius 2 is 2.06 bits per heavy atom. The van der Waals surface area contributed by atoms with Crippen LogP contribution in [0.1, 0.15) is 43.7 Å². The summed E-state index contributed by atoms with van der Waals surface area (Å²) in [5, 5.41) is 9.81. The van der Waals surface area contributed by atoms with Crippen LogP contribution in [0.3, 0.4) is 0 Å². The lowest BCUT2D eigenvalue weighted by Crippen LogP contribution is -2.43. The van der Waals surface area contributed by atoms with E-state index >= 15 is 0 Å². The second-order valence-corrected chi connectivity index (χ2v) is 5.74. The molecule has 1 aromatic carbocycles. The number of hydrogen-bond acceptors (Lipinski definition) is 1. The van der Waals surface area contributed by atoms with Crippen molar-refractivity contribution in [2.75, 3.05) is 0 Å². The zero-order valence-electron chi connectivity index (χ0n) is 9.95. The highest BCUT2D eigenvalue weighted by Crippen LogP contribution is 2.49. The number of hydrogen-bond donors (Lipinski definition) is 1. The fraction of sp³-hybridized carbons (Fsp3) is 0.600. The third kappa shape index (κ3) is 1.41. The fourth-order valence-corrected chi connectivity index (χ4v) is 3.79. The van der Waals surface area contributed by atoms with Crippen LogP contribution < -0.4 is 0 Å². The Labute approximate surface area is 97.5 Å². The standard InChI is InChI=1S/C15H20O/c1-15-9-8-13(16)10-12(15)7-6-11-4-2-3-5-14(11)15/h2-5,12-13,16H,6-10H2,1H3/t12-,13?,15-/m1/s1. The van der Waals surface area contributed by atoms with Crippen LogP contribution >= 0.6 is 0 Å². The van der Waals surface area contributed by atoms with Crippen LogP contribution in [0.2, 0.25) is 0 Å². The summed E-state index contributed by atoms with van der Waals surface area (Å²) in [4.78, 5) is 0. The molecule has 1 unspecified atom stereocenters. The van der Waals surface area contributed by atoms with E-state index in [4.69, 9.17) is 0 Å². The first-order valence-electron chi connectivity index (χ1n) is 6.46. The van der Waals surface area contributed by atoms with Crippen LogP contribution in [0.4, 0.5) is 0 Å². The molecule has 1 N–H and O–H groups in total. The molecule has 2 aliphatic carbocycles. The molecule has 0 spiro atoms. The molecule has 3 rings (SSSR count). The van der Waals surface area contributed by atoms with Crippen LogP contribution in [0, 0.1) is 5.92 Å². The van der Waals surface area contributed by atoms with E-state index < -0.39 is 0 Å². The first kappa shape index (κ1) is 10.3. The minimum Gasteiger partial charge on any atom is -0.393 e. The van der Waals surface area contributed by atoms with Gasteiger partial charge in [0.2, 0.25) is 0 Å². The molecule has 1 aromatic rings. The van der Waals surface area contributed by atoms with Gasteiger partial charge in [0.05, 0.1) is 6.10 Å². The number of aliphatic hydroxyl groups excluding tert-OH is 1. The molecular weight excluding hydrogens is 196 g/mol. The molecule has 86 valence electrons. The van der Waals surface area contributed by atoms with Gasteiger partial charge in [-0.15, -0.1) is 0 Å². The van der Waals surface area contributed by atoms with Gasteiger partial charge in [-0.3, -0.25) is 0 Å². The quantitative estimate of drug-likeness (QED) is 0.706. The van der Waals surface area contributed by atoms with Gasteiger partial charge in [0, 0.05) is 0 Å². The second-order valence-electron chi connectivity index (χ2n) is 5.74. The summed E-state index contributed by atoms with van der Waals surface area (Å²) in [7, 11) is 0. The Kier molecular flexibility index (Phi) is 2.32. The van der Waals surface area contributed by atoms with E-state index in [-0.39, 0.29) is 6.10 Å². The van der Waals surface area contributed by atoms with Crippen LogP contribution in [0.25, 0.3) is 0 Å². The van der Waals surface area contributed by atoms with Gasteiger partial charge in [-0.25, -0.2) is 0 Å². The fourth-order valence-electron chi connectivity index (χ4n) is 3.79. The van der Waals surface area contributed by atoms with Crippen LogP contribution in [-0.2, 0) is 11.8 Å². The van der Waals surface area contributed by atoms with Crippen molar-refractivity contribution in [1.82, 2.24) is 0 Å². The highest BCUT2D eigenvalue weighted by Gasteiger charge is 2.43. The molecule has 2 aliphatic rings. The Morgan fingerprint density at radius 3 is 2.94 bits per heavy atom. The van der Waals surface area contributed by atoms with E-state index in [9.17, 15) is 5.11 Å². The lowest BCUT2D eigenvalue weighted by molar-refractivity contribution is 0.0484. The Morgan fingerprint density at radius 1 is 1.25 bits per heavy atom. The number of rotatable bonds is 0. The van der Waals surface area contributed by atoms with Crippen LogP contribution in [0.5, 0.6) is 0 Å². The van der Waals surface area contributed by atoms with E-state index in [1.165, 1.54) is 18.4 Å². The lowest BCUT2D eigenvalue weighted by atomic mass is 9.58. The molecule has 0 aromatic heterocycles. The van der Waals surface area contributed by atoms with Gasteiger partial charge >= 0.3 is 0 Å². The van der Waals surface area contributed by atoms with Gasteiger partial charge < -0.3 is 5.11 Å². The maximum Gasteiger partial charge on any atom is 0.0543 e. The maximum atomic E-state index is 9.81. The molecule has 0 aliphatic heterocycles. The molecule has 0 radical (unpaired) electrons. The summed E-state index contributed by atoms with van der Waals surface area (Å²) >= 11 is 0. The van der Waals surface area contributed by atoms with Gasteiger partial charge in [-0.1, -0.05) is 31.2 Å². The number of fused-ring (bicyclic) bond motifs is 3. The van der Waals surface area contributed by atoms with E-state index in [0.29, 0.717) is 11.3 Å². The van der Waals surface area contributed by atoms with Gasteiger partial charge in [-0.2, -0.15) is 0 Å². The summed E-state index contributed by atoms with van der Waals surface area (Å²) < 4.78 is 0. The predicted octanol–water partition coefficient (Wildman–Crippen LogP) is 3.05. The molecule has 0 heterocycles. The van der Waals surface area contributed by atoms with Gasteiger partial charge in [0.15, 0.2) is 0 Å². The molecule has 0 saturated heterocycles. The number of aliphatic hydroxyl groups is 1. The van der Waals surface area contributed by atoms with E-state index in [1.54, 1.807) is 5.56 Å². The summed E-state index contributed by atoms with van der Waals surface area (Å²) in [5.41, 5.74) is 3.42. The molecule has 3 atom stereocenters. The highest BCUT2D eigenvalue weighted by molar-refractivity contribution is 5.37. The summed E-state index contributed by atoms with van der Waals surface area (Å²) in [6.45, 7) is 2.40. The molecular formula is C15H20O. The topological polar surface area (TPSA) is 20.2 Å². The minimum absolute atomic E-state index is 0.0525. The second kappa shape index (κ2) is 3.59. The molecule has 1 nitrogen and oxygen atoms in total. The van der Waals surface area contributed by atoms with Crippen molar-refractivity contribution in [2.24, 2.45) is 5.92 Å². The van der Waals surface area contributed by atoms with Crippen molar-refractivity contribution in [3.05, 3.63) is 35.4 Å². The maximum absolute atomic E-state index is 9.81. The van der Waals surface area contributed by atoms with Crippen molar-refractivity contribution in [2.45, 2.75) is 50.5 Å². The van der Waals surface area contributed by atoms with Crippen LogP contribution in [0.15, 0.2) is 24.3 Å². The zero-order chi connectivity index (χ0) is 11.2. The minimum atomic E-state index is -0.0525. The monoisotopic (exact) mass is 216 g/mol. The van der Waals surface area contributed by atoms with Gasteiger partial charge in [0.1, 0.15) is 0 Å². The normalized spacial score (nSPS) is 37.6. The summed E-state index contributed by atoms with van der Waals surface area (Å²) in [5.74, 6) is 0.686. The average Bonchev–Trinajstić information content (AvgIpc) is 2.31. The Balaban J connectivity index is 2.03. The Bertz CT molecular complexity index is 398. The third-order valence-corrected chi connectivity index (χ3v) is 4.85. The molecule has 1 heteroatoms. The van der Waals surface area contributed by atoms with Crippen molar-refractivity contribution >= 4 is 0 Å². The number of benzene rings is 1. The van der Waals surface area contributed by atoms with E-state index in [2.05, 4.69) is 31.2 Å².